The van der Waals surface area contributed by atoms with Crippen molar-refractivity contribution in [1.82, 2.24) is 0 Å². The molecule has 1 saturated carbocycles. The summed E-state index contributed by atoms with van der Waals surface area (Å²) < 4.78 is 11.1. The molecular formula is C21H40O4. The summed E-state index contributed by atoms with van der Waals surface area (Å²) in [6, 6.07) is 0. The van der Waals surface area contributed by atoms with E-state index in [1.165, 1.54) is 44.9 Å². The van der Waals surface area contributed by atoms with E-state index in [1.807, 2.05) is 6.92 Å². The van der Waals surface area contributed by atoms with E-state index in [-0.39, 0.29) is 12.1 Å². The van der Waals surface area contributed by atoms with Crippen LogP contribution in [0.2, 0.25) is 0 Å². The number of carbonyl (C=O) groups excluding carboxylic acids is 1. The van der Waals surface area contributed by atoms with Crippen LogP contribution in [0, 0.1) is 5.41 Å². The summed E-state index contributed by atoms with van der Waals surface area (Å²) in [5, 5.41) is 9.73. The van der Waals surface area contributed by atoms with Gasteiger partial charge in [-0.1, -0.05) is 51.9 Å². The number of hydrogen-bond donors (Lipinski definition) is 1. The van der Waals surface area contributed by atoms with Gasteiger partial charge < -0.3 is 14.6 Å². The van der Waals surface area contributed by atoms with Crippen molar-refractivity contribution in [3.63, 3.8) is 0 Å². The van der Waals surface area contributed by atoms with Crippen LogP contribution in [-0.2, 0) is 14.3 Å². The molecule has 0 spiro atoms. The summed E-state index contributed by atoms with van der Waals surface area (Å²) in [6.07, 6.45) is 13.7. The number of aliphatic hydroxyl groups is 1. The molecule has 0 atom stereocenters. The normalized spacial score (nSPS) is 23.6. The molecule has 0 radical (unpaired) electrons. The topological polar surface area (TPSA) is 55.8 Å². The molecule has 1 fully saturated rings. The van der Waals surface area contributed by atoms with E-state index >= 15 is 0 Å². The van der Waals surface area contributed by atoms with Crippen LogP contribution in [-0.4, -0.2) is 37.0 Å². The second kappa shape index (κ2) is 13.6. The third kappa shape index (κ3) is 9.05. The maximum absolute atomic E-state index is 12.4. The first-order valence-electron chi connectivity index (χ1n) is 10.6. The van der Waals surface area contributed by atoms with E-state index in [9.17, 15) is 9.90 Å². The van der Waals surface area contributed by atoms with Crippen LogP contribution < -0.4 is 0 Å². The van der Waals surface area contributed by atoms with Crippen LogP contribution >= 0.6 is 0 Å². The summed E-state index contributed by atoms with van der Waals surface area (Å²) >= 11 is 0. The molecule has 0 aromatic carbocycles. The van der Waals surface area contributed by atoms with Crippen LogP contribution in [0.3, 0.4) is 0 Å². The quantitative estimate of drug-likeness (QED) is 0.351. The van der Waals surface area contributed by atoms with E-state index < -0.39 is 5.41 Å². The van der Waals surface area contributed by atoms with Gasteiger partial charge in [0, 0.05) is 13.2 Å². The summed E-state index contributed by atoms with van der Waals surface area (Å²) in [4.78, 5) is 12.4. The molecule has 0 aromatic rings. The van der Waals surface area contributed by atoms with Crippen molar-refractivity contribution < 1.29 is 19.4 Å². The highest BCUT2D eigenvalue weighted by Gasteiger charge is 2.42. The monoisotopic (exact) mass is 356 g/mol. The van der Waals surface area contributed by atoms with Crippen molar-refractivity contribution in [3.05, 3.63) is 0 Å². The predicted octanol–water partition coefficient (Wildman–Crippen LogP) is 5.02. The smallest absolute Gasteiger partial charge is 0.312 e. The van der Waals surface area contributed by atoms with Crippen molar-refractivity contribution in [1.29, 1.82) is 0 Å². The van der Waals surface area contributed by atoms with Crippen LogP contribution in [0.5, 0.6) is 0 Å². The zero-order chi connectivity index (χ0) is 18.4. The largest absolute Gasteiger partial charge is 0.466 e. The molecule has 25 heavy (non-hydrogen) atoms. The molecule has 0 bridgehead atoms. The van der Waals surface area contributed by atoms with Gasteiger partial charge in [-0.2, -0.15) is 0 Å². The zero-order valence-electron chi connectivity index (χ0n) is 16.6. The van der Waals surface area contributed by atoms with E-state index in [2.05, 4.69) is 6.92 Å². The van der Waals surface area contributed by atoms with Crippen LogP contribution in [0.4, 0.5) is 0 Å². The Morgan fingerprint density at radius 3 is 2.16 bits per heavy atom. The van der Waals surface area contributed by atoms with Crippen molar-refractivity contribution in [2.24, 2.45) is 5.41 Å². The van der Waals surface area contributed by atoms with Crippen LogP contribution in [0.1, 0.15) is 97.3 Å². The van der Waals surface area contributed by atoms with Gasteiger partial charge in [-0.25, -0.2) is 0 Å². The summed E-state index contributed by atoms with van der Waals surface area (Å²) in [7, 11) is 0. The number of esters is 1. The van der Waals surface area contributed by atoms with E-state index in [0.29, 0.717) is 38.9 Å². The van der Waals surface area contributed by atoms with E-state index in [4.69, 9.17) is 9.47 Å². The Morgan fingerprint density at radius 2 is 1.56 bits per heavy atom. The minimum atomic E-state index is -0.436. The minimum absolute atomic E-state index is 0.0995. The average Bonchev–Trinajstić information content (AvgIpc) is 2.61. The lowest BCUT2D eigenvalue weighted by molar-refractivity contribution is -0.160. The average molecular weight is 357 g/mol. The van der Waals surface area contributed by atoms with Gasteiger partial charge >= 0.3 is 5.97 Å². The number of carbonyl (C=O) groups is 1. The number of hydrogen-bond acceptors (Lipinski definition) is 4. The fourth-order valence-electron chi connectivity index (χ4n) is 3.70. The van der Waals surface area contributed by atoms with Gasteiger partial charge in [-0.15, -0.1) is 0 Å². The zero-order valence-corrected chi connectivity index (χ0v) is 16.6. The van der Waals surface area contributed by atoms with Gasteiger partial charge in [-0.05, 0) is 45.4 Å². The maximum atomic E-state index is 12.4. The lowest BCUT2D eigenvalue weighted by Crippen LogP contribution is -2.39. The number of rotatable bonds is 14. The highest BCUT2D eigenvalue weighted by atomic mass is 16.5. The molecule has 4 heteroatoms. The fourth-order valence-corrected chi connectivity index (χ4v) is 3.70. The molecular weight excluding hydrogens is 316 g/mol. The molecule has 0 saturated heterocycles. The molecule has 1 aliphatic carbocycles. The Morgan fingerprint density at radius 1 is 0.960 bits per heavy atom. The molecule has 4 nitrogen and oxygen atoms in total. The lowest BCUT2D eigenvalue weighted by atomic mass is 9.71. The second-order valence-electron chi connectivity index (χ2n) is 7.57. The van der Waals surface area contributed by atoms with Crippen molar-refractivity contribution in [3.8, 4) is 0 Å². The standard InChI is InChI=1S/C21H40O4/c1-3-5-6-7-8-9-10-11-17-24-18-16-21(20(23)25-4-2)14-12-19(22)13-15-21/h19,22H,3-18H2,1-2H3. The number of ether oxygens (including phenoxy) is 2. The van der Waals surface area contributed by atoms with E-state index in [0.717, 1.165) is 19.4 Å². The first-order valence-corrected chi connectivity index (χ1v) is 10.6. The SMILES string of the molecule is CCCCCCCCCCOCCC1(C(=O)OCC)CCC(O)CC1. The molecule has 1 N–H and O–H groups in total. The van der Waals surface area contributed by atoms with Gasteiger partial charge in [0.2, 0.25) is 0 Å². The highest BCUT2D eigenvalue weighted by Crippen LogP contribution is 2.40. The maximum Gasteiger partial charge on any atom is 0.312 e. The van der Waals surface area contributed by atoms with Gasteiger partial charge in [0.25, 0.3) is 0 Å². The molecule has 0 unspecified atom stereocenters. The first-order chi connectivity index (χ1) is 12.1. The molecule has 0 amide bonds. The first kappa shape index (κ1) is 22.4. The third-order valence-corrected chi connectivity index (χ3v) is 5.49. The Bertz CT molecular complexity index is 335. The molecule has 0 aliphatic heterocycles. The van der Waals surface area contributed by atoms with Crippen LogP contribution in [0.15, 0.2) is 0 Å². The van der Waals surface area contributed by atoms with Crippen molar-refractivity contribution in [2.75, 3.05) is 19.8 Å². The predicted molar refractivity (Wildman–Crippen MR) is 102 cm³/mol. The molecule has 0 aromatic heterocycles. The molecule has 1 aliphatic rings. The Hall–Kier alpha value is -0.610. The highest BCUT2D eigenvalue weighted by molar-refractivity contribution is 5.77. The minimum Gasteiger partial charge on any atom is -0.466 e. The molecule has 148 valence electrons. The number of unbranched alkanes of at least 4 members (excludes halogenated alkanes) is 7. The van der Waals surface area contributed by atoms with Gasteiger partial charge in [-0.3, -0.25) is 4.79 Å². The Kier molecular flexibility index (Phi) is 12.2. The van der Waals surface area contributed by atoms with Crippen molar-refractivity contribution >= 4 is 5.97 Å². The van der Waals surface area contributed by atoms with Crippen molar-refractivity contribution in [2.45, 2.75) is 103 Å². The van der Waals surface area contributed by atoms with Gasteiger partial charge in [0.1, 0.15) is 0 Å². The van der Waals surface area contributed by atoms with E-state index in [1.54, 1.807) is 0 Å². The molecule has 0 heterocycles. The Labute approximate surface area is 154 Å². The Balaban J connectivity index is 2.13. The number of aliphatic hydroxyl groups excluding tert-OH is 1. The molecule has 1 rings (SSSR count). The summed E-state index contributed by atoms with van der Waals surface area (Å²) in [6.45, 7) is 5.92. The van der Waals surface area contributed by atoms with Crippen LogP contribution in [0.25, 0.3) is 0 Å². The van der Waals surface area contributed by atoms with Gasteiger partial charge in [0.05, 0.1) is 18.1 Å². The van der Waals surface area contributed by atoms with Gasteiger partial charge in [0.15, 0.2) is 0 Å². The fraction of sp³-hybridized carbons (Fsp3) is 0.952. The summed E-state index contributed by atoms with van der Waals surface area (Å²) in [5.41, 5.74) is -0.436. The third-order valence-electron chi connectivity index (χ3n) is 5.49. The summed E-state index contributed by atoms with van der Waals surface area (Å²) in [5.74, 6) is -0.0995. The lowest BCUT2D eigenvalue weighted by Gasteiger charge is -2.36. The second-order valence-corrected chi connectivity index (χ2v) is 7.57.